The Balaban J connectivity index is 1.80. The summed E-state index contributed by atoms with van der Waals surface area (Å²) >= 11 is 0. The highest BCUT2D eigenvalue weighted by Crippen LogP contribution is 2.35. The Morgan fingerprint density at radius 3 is 2.32 bits per heavy atom. The first kappa shape index (κ1) is 17.7. The smallest absolute Gasteiger partial charge is 0.231 e. The molecule has 0 aliphatic carbocycles. The number of carbonyl (C=O) groups is 1. The van der Waals surface area contributed by atoms with Crippen molar-refractivity contribution in [3.8, 4) is 0 Å². The maximum absolute atomic E-state index is 13.3. The monoisotopic (exact) mass is 337 g/mol. The van der Waals surface area contributed by atoms with E-state index in [0.29, 0.717) is 13.2 Å². The van der Waals surface area contributed by atoms with Crippen molar-refractivity contribution in [1.82, 2.24) is 5.32 Å². The van der Waals surface area contributed by atoms with E-state index in [1.165, 1.54) is 5.56 Å². The predicted molar refractivity (Wildman–Crippen MR) is 101 cm³/mol. The lowest BCUT2D eigenvalue weighted by atomic mass is 9.73. The summed E-state index contributed by atoms with van der Waals surface area (Å²) in [6.07, 6.45) is 2.48. The molecule has 1 atom stereocenters. The second-order valence-corrected chi connectivity index (χ2v) is 6.85. The molecule has 1 aliphatic rings. The minimum atomic E-state index is -0.489. The molecule has 1 aliphatic heterocycles. The molecule has 0 aromatic heterocycles. The Kier molecular flexibility index (Phi) is 5.54. The third-order valence-corrected chi connectivity index (χ3v) is 5.34. The summed E-state index contributed by atoms with van der Waals surface area (Å²) in [4.78, 5) is 13.3. The first-order valence-electron chi connectivity index (χ1n) is 9.19. The van der Waals surface area contributed by atoms with Crippen LogP contribution in [0.1, 0.15) is 49.4 Å². The normalized spacial score (nSPS) is 17.7. The van der Waals surface area contributed by atoms with Crippen molar-refractivity contribution in [3.05, 3.63) is 71.3 Å². The number of aryl methyl sites for hydroxylation is 1. The summed E-state index contributed by atoms with van der Waals surface area (Å²) in [7, 11) is 0. The van der Waals surface area contributed by atoms with E-state index < -0.39 is 5.41 Å². The molecule has 1 amide bonds. The van der Waals surface area contributed by atoms with Gasteiger partial charge in [-0.25, -0.2) is 0 Å². The van der Waals surface area contributed by atoms with Gasteiger partial charge in [0.1, 0.15) is 0 Å². The van der Waals surface area contributed by atoms with Crippen LogP contribution in [0.5, 0.6) is 0 Å². The first-order valence-corrected chi connectivity index (χ1v) is 9.19. The lowest BCUT2D eigenvalue weighted by Gasteiger charge is -2.37. The molecule has 1 saturated heterocycles. The quantitative estimate of drug-likeness (QED) is 0.889. The van der Waals surface area contributed by atoms with Gasteiger partial charge in [0.2, 0.25) is 5.91 Å². The molecule has 25 heavy (non-hydrogen) atoms. The van der Waals surface area contributed by atoms with Crippen LogP contribution >= 0.6 is 0 Å². The zero-order valence-electron chi connectivity index (χ0n) is 15.1. The molecule has 0 radical (unpaired) electrons. The molecule has 0 saturated carbocycles. The summed E-state index contributed by atoms with van der Waals surface area (Å²) in [6, 6.07) is 18.6. The van der Waals surface area contributed by atoms with Crippen molar-refractivity contribution < 1.29 is 9.53 Å². The first-order chi connectivity index (χ1) is 12.2. The molecule has 0 unspecified atom stereocenters. The number of carbonyl (C=O) groups excluding carboxylic acids is 1. The maximum Gasteiger partial charge on any atom is 0.231 e. The zero-order chi connectivity index (χ0) is 17.7. The Morgan fingerprint density at radius 1 is 1.08 bits per heavy atom. The number of hydrogen-bond donors (Lipinski definition) is 1. The van der Waals surface area contributed by atoms with E-state index in [2.05, 4.69) is 55.6 Å². The molecular formula is C22H27NO2. The molecule has 2 aromatic rings. The lowest BCUT2D eigenvalue weighted by molar-refractivity contribution is -0.131. The van der Waals surface area contributed by atoms with E-state index in [0.717, 1.165) is 30.4 Å². The van der Waals surface area contributed by atoms with Gasteiger partial charge in [0.05, 0.1) is 11.5 Å². The molecule has 3 nitrogen and oxygen atoms in total. The molecule has 3 heteroatoms. The van der Waals surface area contributed by atoms with Crippen LogP contribution in [0.4, 0.5) is 0 Å². The highest BCUT2D eigenvalue weighted by Gasteiger charge is 2.42. The SMILES string of the molecule is CCc1ccc([C@@H](C)NC(=O)C2(c3ccccc3)CCOCC2)cc1. The van der Waals surface area contributed by atoms with Gasteiger partial charge in [-0.05, 0) is 42.9 Å². The van der Waals surface area contributed by atoms with Crippen molar-refractivity contribution in [2.45, 2.75) is 44.6 Å². The van der Waals surface area contributed by atoms with Gasteiger partial charge in [-0.15, -0.1) is 0 Å². The number of amides is 1. The van der Waals surface area contributed by atoms with Crippen LogP contribution in [0.15, 0.2) is 54.6 Å². The van der Waals surface area contributed by atoms with E-state index in [-0.39, 0.29) is 11.9 Å². The number of ether oxygens (including phenoxy) is 1. The number of hydrogen-bond acceptors (Lipinski definition) is 2. The fourth-order valence-corrected chi connectivity index (χ4v) is 3.58. The number of benzene rings is 2. The average molecular weight is 337 g/mol. The summed E-state index contributed by atoms with van der Waals surface area (Å²) < 4.78 is 5.53. The van der Waals surface area contributed by atoms with Crippen molar-refractivity contribution in [1.29, 1.82) is 0 Å². The van der Waals surface area contributed by atoms with Gasteiger partial charge in [0.15, 0.2) is 0 Å². The molecule has 132 valence electrons. The zero-order valence-corrected chi connectivity index (χ0v) is 15.1. The van der Waals surface area contributed by atoms with Gasteiger partial charge < -0.3 is 10.1 Å². The number of nitrogens with one attached hydrogen (secondary N) is 1. The summed E-state index contributed by atoms with van der Waals surface area (Å²) in [5, 5.41) is 3.25. The topological polar surface area (TPSA) is 38.3 Å². The van der Waals surface area contributed by atoms with E-state index in [4.69, 9.17) is 4.74 Å². The van der Waals surface area contributed by atoms with E-state index in [1.54, 1.807) is 0 Å². The van der Waals surface area contributed by atoms with Crippen LogP contribution in [0, 0.1) is 0 Å². The van der Waals surface area contributed by atoms with Crippen LogP contribution < -0.4 is 5.32 Å². The Labute approximate surface area is 150 Å². The Morgan fingerprint density at radius 2 is 1.72 bits per heavy atom. The number of rotatable bonds is 5. The molecule has 1 heterocycles. The molecule has 1 N–H and O–H groups in total. The minimum absolute atomic E-state index is 0.0122. The maximum atomic E-state index is 13.3. The Hall–Kier alpha value is -2.13. The van der Waals surface area contributed by atoms with Gasteiger partial charge in [0.25, 0.3) is 0 Å². The van der Waals surface area contributed by atoms with Crippen LogP contribution in [0.3, 0.4) is 0 Å². The van der Waals surface area contributed by atoms with Gasteiger partial charge in [-0.2, -0.15) is 0 Å². The van der Waals surface area contributed by atoms with Crippen molar-refractivity contribution >= 4 is 5.91 Å². The van der Waals surface area contributed by atoms with E-state index in [1.807, 2.05) is 18.2 Å². The van der Waals surface area contributed by atoms with Gasteiger partial charge in [0, 0.05) is 13.2 Å². The van der Waals surface area contributed by atoms with Crippen LogP contribution in [0.25, 0.3) is 0 Å². The van der Waals surface area contributed by atoms with Crippen molar-refractivity contribution in [3.63, 3.8) is 0 Å². The lowest BCUT2D eigenvalue weighted by Crippen LogP contribution is -2.48. The largest absolute Gasteiger partial charge is 0.381 e. The molecule has 1 fully saturated rings. The fraction of sp³-hybridized carbons (Fsp3) is 0.409. The van der Waals surface area contributed by atoms with Gasteiger partial charge in [-0.3, -0.25) is 4.79 Å². The molecular weight excluding hydrogens is 310 g/mol. The van der Waals surface area contributed by atoms with E-state index >= 15 is 0 Å². The second kappa shape index (κ2) is 7.83. The van der Waals surface area contributed by atoms with E-state index in [9.17, 15) is 4.79 Å². The molecule has 0 bridgehead atoms. The average Bonchev–Trinajstić information content (AvgIpc) is 2.69. The van der Waals surface area contributed by atoms with Gasteiger partial charge >= 0.3 is 0 Å². The molecule has 0 spiro atoms. The Bertz CT molecular complexity index is 688. The summed E-state index contributed by atoms with van der Waals surface area (Å²) in [5.41, 5.74) is 3.05. The van der Waals surface area contributed by atoms with Crippen LogP contribution in [-0.4, -0.2) is 19.1 Å². The predicted octanol–water partition coefficient (Wildman–Crippen LogP) is 4.17. The summed E-state index contributed by atoms with van der Waals surface area (Å²) in [6.45, 7) is 5.45. The highest BCUT2D eigenvalue weighted by atomic mass is 16.5. The van der Waals surface area contributed by atoms with Crippen molar-refractivity contribution in [2.24, 2.45) is 0 Å². The fourth-order valence-electron chi connectivity index (χ4n) is 3.58. The second-order valence-electron chi connectivity index (χ2n) is 6.85. The molecule has 3 rings (SSSR count). The minimum Gasteiger partial charge on any atom is -0.381 e. The van der Waals surface area contributed by atoms with Crippen LogP contribution in [-0.2, 0) is 21.4 Å². The highest BCUT2D eigenvalue weighted by molar-refractivity contribution is 5.88. The van der Waals surface area contributed by atoms with Crippen molar-refractivity contribution in [2.75, 3.05) is 13.2 Å². The molecule has 2 aromatic carbocycles. The standard InChI is InChI=1S/C22H27NO2/c1-3-18-9-11-19(12-10-18)17(2)23-21(24)22(13-15-25-16-14-22)20-7-5-4-6-8-20/h4-12,17H,3,13-16H2,1-2H3,(H,23,24)/t17-/m1/s1. The van der Waals surface area contributed by atoms with Gasteiger partial charge in [-0.1, -0.05) is 61.5 Å². The van der Waals surface area contributed by atoms with Crippen LogP contribution in [0.2, 0.25) is 0 Å². The summed E-state index contributed by atoms with van der Waals surface area (Å²) in [5.74, 6) is 0.106. The third kappa shape index (κ3) is 3.77. The third-order valence-electron chi connectivity index (χ3n) is 5.34.